The summed E-state index contributed by atoms with van der Waals surface area (Å²) in [5.74, 6) is 1.79. The van der Waals surface area contributed by atoms with Crippen LogP contribution in [-0.4, -0.2) is 70.6 Å². The molecule has 0 spiro atoms. The van der Waals surface area contributed by atoms with E-state index >= 15 is 0 Å². The highest BCUT2D eigenvalue weighted by Crippen LogP contribution is 2.26. The SMILES string of the molecule is CCNC(=NCC(c1ccc(OC)cc1)N1CCCCC1)NCCS(=O)(=O)CC. The lowest BCUT2D eigenvalue weighted by Gasteiger charge is -2.34. The van der Waals surface area contributed by atoms with Gasteiger partial charge in [-0.05, 0) is 50.6 Å². The summed E-state index contributed by atoms with van der Waals surface area (Å²) in [7, 11) is -1.32. The minimum atomic E-state index is -2.99. The topological polar surface area (TPSA) is 83.0 Å². The lowest BCUT2D eigenvalue weighted by atomic mass is 10.0. The van der Waals surface area contributed by atoms with Gasteiger partial charge in [-0.2, -0.15) is 0 Å². The Hall–Kier alpha value is -1.80. The molecule has 0 bridgehead atoms. The van der Waals surface area contributed by atoms with Gasteiger partial charge in [-0.15, -0.1) is 0 Å². The quantitative estimate of drug-likeness (QED) is 0.443. The molecule has 1 aromatic carbocycles. The third-order valence-electron chi connectivity index (χ3n) is 5.24. The normalized spacial score (nSPS) is 17.0. The minimum Gasteiger partial charge on any atom is -0.497 e. The molecule has 8 heteroatoms. The van der Waals surface area contributed by atoms with E-state index in [0.717, 1.165) is 25.4 Å². The first kappa shape index (κ1) is 23.5. The van der Waals surface area contributed by atoms with Crippen molar-refractivity contribution in [3.63, 3.8) is 0 Å². The molecule has 1 heterocycles. The Morgan fingerprint density at radius 3 is 2.41 bits per heavy atom. The third kappa shape index (κ3) is 7.85. The molecule has 0 saturated carbocycles. The van der Waals surface area contributed by atoms with Gasteiger partial charge in [0.25, 0.3) is 0 Å². The van der Waals surface area contributed by atoms with Crippen molar-refractivity contribution in [1.29, 1.82) is 0 Å². The van der Waals surface area contributed by atoms with Gasteiger partial charge < -0.3 is 15.4 Å². The zero-order chi connectivity index (χ0) is 21.1. The van der Waals surface area contributed by atoms with Crippen LogP contribution in [0.2, 0.25) is 0 Å². The number of aliphatic imine (C=N–C) groups is 1. The van der Waals surface area contributed by atoms with Gasteiger partial charge >= 0.3 is 0 Å². The van der Waals surface area contributed by atoms with Gasteiger partial charge in [0.2, 0.25) is 0 Å². The molecule has 0 aliphatic carbocycles. The molecule has 1 aromatic rings. The summed E-state index contributed by atoms with van der Waals surface area (Å²) in [6, 6.07) is 8.41. The first-order valence-corrected chi connectivity index (χ1v) is 12.4. The van der Waals surface area contributed by atoms with Crippen molar-refractivity contribution in [3.05, 3.63) is 29.8 Å². The number of likely N-dealkylation sites (tertiary alicyclic amines) is 1. The first-order chi connectivity index (χ1) is 14.0. The van der Waals surface area contributed by atoms with E-state index in [1.54, 1.807) is 14.0 Å². The molecule has 1 atom stereocenters. The molecule has 164 valence electrons. The summed E-state index contributed by atoms with van der Waals surface area (Å²) in [5, 5.41) is 6.38. The van der Waals surface area contributed by atoms with E-state index < -0.39 is 9.84 Å². The van der Waals surface area contributed by atoms with Crippen molar-refractivity contribution >= 4 is 15.8 Å². The highest BCUT2D eigenvalue weighted by molar-refractivity contribution is 7.91. The average molecular weight is 425 g/mol. The van der Waals surface area contributed by atoms with Crippen LogP contribution < -0.4 is 15.4 Å². The maximum atomic E-state index is 11.7. The van der Waals surface area contributed by atoms with Crippen LogP contribution in [0.15, 0.2) is 29.3 Å². The van der Waals surface area contributed by atoms with Crippen LogP contribution in [-0.2, 0) is 9.84 Å². The van der Waals surface area contributed by atoms with Crippen LogP contribution >= 0.6 is 0 Å². The van der Waals surface area contributed by atoms with E-state index in [9.17, 15) is 8.42 Å². The Morgan fingerprint density at radius 1 is 1.14 bits per heavy atom. The molecule has 1 unspecified atom stereocenters. The predicted molar refractivity (Wildman–Crippen MR) is 119 cm³/mol. The van der Waals surface area contributed by atoms with Crippen molar-refractivity contribution in [2.75, 3.05) is 51.3 Å². The zero-order valence-electron chi connectivity index (χ0n) is 18.0. The number of hydrogen-bond acceptors (Lipinski definition) is 5. The number of ether oxygens (including phenoxy) is 1. The number of sulfone groups is 1. The van der Waals surface area contributed by atoms with Gasteiger partial charge in [-0.3, -0.25) is 9.89 Å². The van der Waals surface area contributed by atoms with Crippen molar-refractivity contribution in [2.45, 2.75) is 39.2 Å². The van der Waals surface area contributed by atoms with Crippen LogP contribution in [0.3, 0.4) is 0 Å². The van der Waals surface area contributed by atoms with Gasteiger partial charge in [0.05, 0.1) is 25.4 Å². The van der Waals surface area contributed by atoms with E-state index in [0.29, 0.717) is 19.0 Å². The van der Waals surface area contributed by atoms with Gasteiger partial charge in [0.1, 0.15) is 5.75 Å². The Labute approximate surface area is 175 Å². The Bertz CT molecular complexity index is 729. The lowest BCUT2D eigenvalue weighted by Crippen LogP contribution is -2.41. The second-order valence-corrected chi connectivity index (χ2v) is 9.74. The van der Waals surface area contributed by atoms with E-state index in [1.807, 2.05) is 19.1 Å². The van der Waals surface area contributed by atoms with Crippen LogP contribution in [0.4, 0.5) is 0 Å². The number of guanidine groups is 1. The number of nitrogens with zero attached hydrogens (tertiary/aromatic N) is 2. The number of benzene rings is 1. The second kappa shape index (κ2) is 12.0. The minimum absolute atomic E-state index is 0.113. The summed E-state index contributed by atoms with van der Waals surface area (Å²) >= 11 is 0. The van der Waals surface area contributed by atoms with Gasteiger partial charge in [0.15, 0.2) is 15.8 Å². The molecule has 0 aromatic heterocycles. The molecule has 0 amide bonds. The maximum Gasteiger partial charge on any atom is 0.191 e. The van der Waals surface area contributed by atoms with Crippen LogP contribution in [0.5, 0.6) is 5.75 Å². The van der Waals surface area contributed by atoms with Gasteiger partial charge in [-0.1, -0.05) is 25.5 Å². The Morgan fingerprint density at radius 2 is 1.83 bits per heavy atom. The molecule has 1 fully saturated rings. The summed E-state index contributed by atoms with van der Waals surface area (Å²) in [6.45, 7) is 7.53. The molecular formula is C21H36N4O3S. The van der Waals surface area contributed by atoms with E-state index in [2.05, 4.69) is 27.7 Å². The fourth-order valence-electron chi connectivity index (χ4n) is 3.48. The van der Waals surface area contributed by atoms with Crippen molar-refractivity contribution in [1.82, 2.24) is 15.5 Å². The molecule has 1 saturated heterocycles. The van der Waals surface area contributed by atoms with Gasteiger partial charge in [0, 0.05) is 18.8 Å². The van der Waals surface area contributed by atoms with Crippen molar-refractivity contribution < 1.29 is 13.2 Å². The van der Waals surface area contributed by atoms with Crippen LogP contribution in [0, 0.1) is 0 Å². The van der Waals surface area contributed by atoms with E-state index in [1.165, 1.54) is 24.8 Å². The largest absolute Gasteiger partial charge is 0.497 e. The highest BCUT2D eigenvalue weighted by Gasteiger charge is 2.22. The number of nitrogens with one attached hydrogen (secondary N) is 2. The van der Waals surface area contributed by atoms with Crippen LogP contribution in [0.25, 0.3) is 0 Å². The zero-order valence-corrected chi connectivity index (χ0v) is 18.8. The fourth-order valence-corrected chi connectivity index (χ4v) is 4.18. The molecule has 2 rings (SSSR count). The van der Waals surface area contributed by atoms with Gasteiger partial charge in [-0.25, -0.2) is 8.42 Å². The maximum absolute atomic E-state index is 11.7. The summed E-state index contributed by atoms with van der Waals surface area (Å²) < 4.78 is 28.8. The monoisotopic (exact) mass is 424 g/mol. The fraction of sp³-hybridized carbons (Fsp3) is 0.667. The summed E-state index contributed by atoms with van der Waals surface area (Å²) in [5.41, 5.74) is 1.22. The summed E-state index contributed by atoms with van der Waals surface area (Å²) in [4.78, 5) is 7.28. The molecule has 29 heavy (non-hydrogen) atoms. The second-order valence-electron chi connectivity index (χ2n) is 7.27. The average Bonchev–Trinajstić information content (AvgIpc) is 2.75. The molecule has 2 N–H and O–H groups in total. The standard InChI is InChI=1S/C21H36N4O3S/c1-4-22-21(23-13-16-29(26,27)5-2)24-17-20(25-14-7-6-8-15-25)18-9-11-19(28-3)12-10-18/h9-12,20H,4-8,13-17H2,1-3H3,(H2,22,23,24). The smallest absolute Gasteiger partial charge is 0.191 e. The molecule has 7 nitrogen and oxygen atoms in total. The molecule has 1 aliphatic rings. The lowest BCUT2D eigenvalue weighted by molar-refractivity contribution is 0.167. The van der Waals surface area contributed by atoms with Crippen LogP contribution in [0.1, 0.15) is 44.7 Å². The summed E-state index contributed by atoms with van der Waals surface area (Å²) in [6.07, 6.45) is 3.71. The Kier molecular flexibility index (Phi) is 9.73. The first-order valence-electron chi connectivity index (χ1n) is 10.6. The number of hydrogen-bond donors (Lipinski definition) is 2. The predicted octanol–water partition coefficient (Wildman–Crippen LogP) is 2.21. The third-order valence-corrected chi connectivity index (χ3v) is 6.95. The van der Waals surface area contributed by atoms with Crippen molar-refractivity contribution in [3.8, 4) is 5.75 Å². The molecule has 0 radical (unpaired) electrons. The van der Waals surface area contributed by atoms with E-state index in [4.69, 9.17) is 9.73 Å². The molecule has 1 aliphatic heterocycles. The number of rotatable bonds is 10. The highest BCUT2D eigenvalue weighted by atomic mass is 32.2. The Balaban J connectivity index is 2.11. The van der Waals surface area contributed by atoms with Crippen molar-refractivity contribution in [2.24, 2.45) is 4.99 Å². The molecular weight excluding hydrogens is 388 g/mol. The van der Waals surface area contributed by atoms with E-state index in [-0.39, 0.29) is 17.5 Å². The number of methoxy groups -OCH3 is 1. The number of piperidine rings is 1.